The Kier molecular flexibility index (Phi) is 2.69. The standard InChI is InChI=1S/C12H15NO3/c1-12(2)15-7-9-4-3-8(10(14)6-13)5-11(9)16-12/h3-5H,6-7,13H2,1-2H3. The van der Waals surface area contributed by atoms with E-state index in [1.165, 1.54) is 0 Å². The first-order valence-electron chi connectivity index (χ1n) is 5.21. The van der Waals surface area contributed by atoms with Crippen molar-refractivity contribution in [3.63, 3.8) is 0 Å². The number of benzene rings is 1. The summed E-state index contributed by atoms with van der Waals surface area (Å²) in [6.07, 6.45) is 0. The number of Topliss-reactive ketones (excluding diaryl/α,β-unsaturated/α-hetero) is 1. The van der Waals surface area contributed by atoms with Gasteiger partial charge in [-0.3, -0.25) is 4.79 Å². The Morgan fingerprint density at radius 2 is 2.25 bits per heavy atom. The molecule has 0 aromatic heterocycles. The van der Waals surface area contributed by atoms with E-state index in [0.717, 1.165) is 5.56 Å². The summed E-state index contributed by atoms with van der Waals surface area (Å²) in [5.74, 6) is -0.0246. The molecule has 0 fully saturated rings. The van der Waals surface area contributed by atoms with Crippen LogP contribution in [0, 0.1) is 0 Å². The molecule has 0 bridgehead atoms. The van der Waals surface area contributed by atoms with Gasteiger partial charge in [0.2, 0.25) is 5.79 Å². The molecule has 0 saturated heterocycles. The van der Waals surface area contributed by atoms with E-state index in [9.17, 15) is 4.79 Å². The molecule has 0 atom stereocenters. The summed E-state index contributed by atoms with van der Waals surface area (Å²) in [7, 11) is 0. The molecule has 1 aliphatic heterocycles. The molecule has 0 radical (unpaired) electrons. The molecule has 86 valence electrons. The molecule has 0 unspecified atom stereocenters. The molecule has 16 heavy (non-hydrogen) atoms. The molecule has 1 aromatic rings. The Hall–Kier alpha value is -1.39. The molecule has 4 heteroatoms. The topological polar surface area (TPSA) is 61.5 Å². The fourth-order valence-electron chi connectivity index (χ4n) is 1.61. The monoisotopic (exact) mass is 221 g/mol. The number of ketones is 1. The van der Waals surface area contributed by atoms with E-state index in [1.54, 1.807) is 12.1 Å². The van der Waals surface area contributed by atoms with E-state index < -0.39 is 5.79 Å². The first kappa shape index (κ1) is 11.1. The van der Waals surface area contributed by atoms with Gasteiger partial charge < -0.3 is 15.2 Å². The maximum atomic E-state index is 11.4. The molecule has 0 aliphatic carbocycles. The summed E-state index contributed by atoms with van der Waals surface area (Å²) in [6.45, 7) is 4.19. The average Bonchev–Trinajstić information content (AvgIpc) is 2.25. The van der Waals surface area contributed by atoms with Crippen molar-refractivity contribution in [3.8, 4) is 5.75 Å². The van der Waals surface area contributed by atoms with Gasteiger partial charge in [-0.05, 0) is 6.07 Å². The summed E-state index contributed by atoms with van der Waals surface area (Å²) < 4.78 is 11.1. The molecule has 1 aromatic carbocycles. The zero-order chi connectivity index (χ0) is 11.8. The Morgan fingerprint density at radius 3 is 2.94 bits per heavy atom. The number of nitrogens with two attached hydrogens (primary N) is 1. The third-order valence-electron chi connectivity index (χ3n) is 2.51. The predicted octanol–water partition coefficient (Wildman–Crippen LogP) is 1.47. The number of rotatable bonds is 2. The fourth-order valence-corrected chi connectivity index (χ4v) is 1.61. The maximum Gasteiger partial charge on any atom is 0.205 e. The highest BCUT2D eigenvalue weighted by Gasteiger charge is 2.27. The lowest BCUT2D eigenvalue weighted by Gasteiger charge is -2.32. The number of carbonyl (C=O) groups is 1. The van der Waals surface area contributed by atoms with Crippen LogP contribution in [0.4, 0.5) is 0 Å². The van der Waals surface area contributed by atoms with Gasteiger partial charge in [-0.25, -0.2) is 0 Å². The van der Waals surface area contributed by atoms with Gasteiger partial charge in [0, 0.05) is 25.0 Å². The van der Waals surface area contributed by atoms with Crippen molar-refractivity contribution in [1.29, 1.82) is 0 Å². The highest BCUT2D eigenvalue weighted by Crippen LogP contribution is 2.31. The van der Waals surface area contributed by atoms with Crippen molar-refractivity contribution in [2.75, 3.05) is 6.54 Å². The quantitative estimate of drug-likeness (QED) is 0.768. The molecule has 1 aliphatic rings. The highest BCUT2D eigenvalue weighted by atomic mass is 16.7. The normalized spacial score (nSPS) is 17.4. The average molecular weight is 221 g/mol. The van der Waals surface area contributed by atoms with Crippen molar-refractivity contribution in [1.82, 2.24) is 0 Å². The lowest BCUT2D eigenvalue weighted by atomic mass is 10.1. The van der Waals surface area contributed by atoms with Crippen LogP contribution in [0.15, 0.2) is 18.2 Å². The number of ether oxygens (including phenoxy) is 2. The van der Waals surface area contributed by atoms with Crippen molar-refractivity contribution in [2.24, 2.45) is 5.73 Å². The summed E-state index contributed by atoms with van der Waals surface area (Å²) >= 11 is 0. The summed E-state index contributed by atoms with van der Waals surface area (Å²) in [4.78, 5) is 11.4. The van der Waals surface area contributed by atoms with Gasteiger partial charge in [0.15, 0.2) is 5.78 Å². The molecule has 4 nitrogen and oxygen atoms in total. The maximum absolute atomic E-state index is 11.4. The van der Waals surface area contributed by atoms with Crippen LogP contribution in [0.2, 0.25) is 0 Å². The van der Waals surface area contributed by atoms with Crippen molar-refractivity contribution >= 4 is 5.78 Å². The Bertz CT molecular complexity index is 426. The first-order chi connectivity index (χ1) is 7.52. The van der Waals surface area contributed by atoms with Crippen molar-refractivity contribution < 1.29 is 14.3 Å². The predicted molar refractivity (Wildman–Crippen MR) is 59.3 cm³/mol. The van der Waals surface area contributed by atoms with E-state index in [-0.39, 0.29) is 12.3 Å². The van der Waals surface area contributed by atoms with E-state index >= 15 is 0 Å². The van der Waals surface area contributed by atoms with Crippen LogP contribution >= 0.6 is 0 Å². The molecule has 1 heterocycles. The third-order valence-corrected chi connectivity index (χ3v) is 2.51. The summed E-state index contributed by atoms with van der Waals surface area (Å²) in [5.41, 5.74) is 6.85. The van der Waals surface area contributed by atoms with Crippen LogP contribution in [0.1, 0.15) is 29.8 Å². The second kappa shape index (κ2) is 3.88. The Labute approximate surface area is 94.3 Å². The zero-order valence-electron chi connectivity index (χ0n) is 9.45. The largest absolute Gasteiger partial charge is 0.463 e. The van der Waals surface area contributed by atoms with Gasteiger partial charge in [-0.2, -0.15) is 0 Å². The van der Waals surface area contributed by atoms with Crippen LogP contribution in [0.3, 0.4) is 0 Å². The van der Waals surface area contributed by atoms with Crippen molar-refractivity contribution in [3.05, 3.63) is 29.3 Å². The number of fused-ring (bicyclic) bond motifs is 1. The minimum atomic E-state index is -0.641. The highest BCUT2D eigenvalue weighted by molar-refractivity contribution is 5.97. The number of hydrogen-bond donors (Lipinski definition) is 1. The third kappa shape index (κ3) is 2.08. The van der Waals surface area contributed by atoms with Crippen LogP contribution in [0.25, 0.3) is 0 Å². The Balaban J connectivity index is 2.34. The fraction of sp³-hybridized carbons (Fsp3) is 0.417. The van der Waals surface area contributed by atoms with Crippen LogP contribution < -0.4 is 10.5 Å². The van der Waals surface area contributed by atoms with Gasteiger partial charge in [0.05, 0.1) is 13.2 Å². The van der Waals surface area contributed by atoms with Gasteiger partial charge in [-0.1, -0.05) is 12.1 Å². The first-order valence-corrected chi connectivity index (χ1v) is 5.21. The van der Waals surface area contributed by atoms with E-state index in [1.807, 2.05) is 19.9 Å². The van der Waals surface area contributed by atoms with Crippen LogP contribution in [-0.2, 0) is 11.3 Å². The minimum absolute atomic E-state index is 0.0126. The number of hydrogen-bond acceptors (Lipinski definition) is 4. The lowest BCUT2D eigenvalue weighted by molar-refractivity contribution is -0.180. The molecule has 2 N–H and O–H groups in total. The molecular weight excluding hydrogens is 206 g/mol. The van der Waals surface area contributed by atoms with Crippen LogP contribution in [-0.4, -0.2) is 18.1 Å². The molecular formula is C12H15NO3. The minimum Gasteiger partial charge on any atom is -0.463 e. The van der Waals surface area contributed by atoms with Gasteiger partial charge in [0.1, 0.15) is 5.75 Å². The SMILES string of the molecule is CC1(C)OCc2ccc(C(=O)CN)cc2O1. The Morgan fingerprint density at radius 1 is 1.50 bits per heavy atom. The lowest BCUT2D eigenvalue weighted by Crippen LogP contribution is -2.35. The van der Waals surface area contributed by atoms with Gasteiger partial charge in [-0.15, -0.1) is 0 Å². The second-order valence-electron chi connectivity index (χ2n) is 4.24. The van der Waals surface area contributed by atoms with E-state index in [4.69, 9.17) is 15.2 Å². The second-order valence-corrected chi connectivity index (χ2v) is 4.24. The smallest absolute Gasteiger partial charge is 0.205 e. The van der Waals surface area contributed by atoms with E-state index in [0.29, 0.717) is 17.9 Å². The summed E-state index contributed by atoms with van der Waals surface area (Å²) in [6, 6.07) is 5.32. The number of carbonyl (C=O) groups excluding carboxylic acids is 1. The van der Waals surface area contributed by atoms with E-state index in [2.05, 4.69) is 0 Å². The van der Waals surface area contributed by atoms with Crippen LogP contribution in [0.5, 0.6) is 5.75 Å². The molecule has 0 amide bonds. The zero-order valence-corrected chi connectivity index (χ0v) is 9.45. The van der Waals surface area contributed by atoms with Crippen molar-refractivity contribution in [2.45, 2.75) is 26.2 Å². The molecule has 0 saturated carbocycles. The summed E-state index contributed by atoms with van der Waals surface area (Å²) in [5, 5.41) is 0. The van der Waals surface area contributed by atoms with Gasteiger partial charge >= 0.3 is 0 Å². The van der Waals surface area contributed by atoms with Gasteiger partial charge in [0.25, 0.3) is 0 Å². The molecule has 0 spiro atoms. The molecule has 2 rings (SSSR count).